The lowest BCUT2D eigenvalue weighted by Crippen LogP contribution is -2.08. The summed E-state index contributed by atoms with van der Waals surface area (Å²) in [6.45, 7) is 5.35. The molecule has 1 aliphatic rings. The van der Waals surface area contributed by atoms with Crippen LogP contribution < -0.4 is 5.32 Å². The van der Waals surface area contributed by atoms with Gasteiger partial charge in [0.25, 0.3) is 0 Å². The van der Waals surface area contributed by atoms with Crippen molar-refractivity contribution in [2.75, 3.05) is 11.9 Å². The third-order valence-corrected chi connectivity index (χ3v) is 4.60. The fourth-order valence-electron chi connectivity index (χ4n) is 3.15. The molecule has 0 radical (unpaired) electrons. The Bertz CT molecular complexity index is 661. The quantitative estimate of drug-likeness (QED) is 0.867. The van der Waals surface area contributed by atoms with Crippen LogP contribution in [-0.4, -0.2) is 16.3 Å². The minimum atomic E-state index is 0.777. The van der Waals surface area contributed by atoms with Gasteiger partial charge in [0.05, 0.1) is 11.4 Å². The number of unbranched alkanes of at least 4 members (excludes halogenated alkanes) is 1. The number of hydrogen-bond donors (Lipinski definition) is 1. The lowest BCUT2D eigenvalue weighted by atomic mass is 10.1. The number of fused-ring (bicyclic) bond motifs is 1. The second-order valence-corrected chi connectivity index (χ2v) is 6.54. The third kappa shape index (κ3) is 3.00. The van der Waals surface area contributed by atoms with Crippen molar-refractivity contribution in [1.82, 2.24) is 9.78 Å². The van der Waals surface area contributed by atoms with Gasteiger partial charge in [0.2, 0.25) is 0 Å². The summed E-state index contributed by atoms with van der Waals surface area (Å²) in [5.41, 5.74) is 4.96. The summed E-state index contributed by atoms with van der Waals surface area (Å²) in [6.07, 6.45) is 7.07. The number of aryl methyl sites for hydroxylation is 2. The van der Waals surface area contributed by atoms with Gasteiger partial charge in [0.1, 0.15) is 5.82 Å². The van der Waals surface area contributed by atoms with Gasteiger partial charge in [0.15, 0.2) is 0 Å². The van der Waals surface area contributed by atoms with Gasteiger partial charge >= 0.3 is 0 Å². The zero-order valence-corrected chi connectivity index (χ0v) is 14.2. The predicted molar refractivity (Wildman–Crippen MR) is 93.4 cm³/mol. The van der Waals surface area contributed by atoms with Gasteiger partial charge in [-0.3, -0.25) is 0 Å². The number of nitrogens with zero attached hydrogens (tertiary/aromatic N) is 2. The number of halogens is 1. The zero-order chi connectivity index (χ0) is 15.5. The highest BCUT2D eigenvalue weighted by Gasteiger charge is 2.20. The molecule has 0 saturated heterocycles. The number of benzene rings is 1. The average molecular weight is 318 g/mol. The molecule has 118 valence electrons. The number of nitrogens with one attached hydrogen (secondary N) is 1. The number of anilines is 1. The van der Waals surface area contributed by atoms with E-state index in [1.54, 1.807) is 0 Å². The summed E-state index contributed by atoms with van der Waals surface area (Å²) in [5.74, 6) is 1.19. The van der Waals surface area contributed by atoms with E-state index in [1.807, 2.05) is 12.1 Å². The summed E-state index contributed by atoms with van der Waals surface area (Å²) in [4.78, 5) is 0. The molecule has 1 aromatic heterocycles. The lowest BCUT2D eigenvalue weighted by Gasteiger charge is -2.11. The maximum Gasteiger partial charge on any atom is 0.133 e. The van der Waals surface area contributed by atoms with E-state index in [-0.39, 0.29) is 0 Å². The van der Waals surface area contributed by atoms with Gasteiger partial charge in [-0.1, -0.05) is 24.9 Å². The molecule has 1 aliphatic heterocycles. The highest BCUT2D eigenvalue weighted by molar-refractivity contribution is 6.30. The summed E-state index contributed by atoms with van der Waals surface area (Å²) < 4.78 is 2.09. The molecule has 0 saturated carbocycles. The minimum Gasteiger partial charge on any atom is -0.370 e. The molecule has 0 amide bonds. The van der Waals surface area contributed by atoms with Crippen LogP contribution in [0.3, 0.4) is 0 Å². The first-order valence-electron chi connectivity index (χ1n) is 8.32. The predicted octanol–water partition coefficient (Wildman–Crippen LogP) is 4.92. The Balaban J connectivity index is 2.08. The van der Waals surface area contributed by atoms with E-state index in [4.69, 9.17) is 16.7 Å². The standard InChI is InChI=1S/C18H24ClN3/c1-3-4-8-16-15-7-5-6-11-20-18(15)22(21-16)17-10-9-14(19)12-13(17)2/h9-10,12,20H,3-8,11H2,1-2H3. The van der Waals surface area contributed by atoms with Gasteiger partial charge in [-0.15, -0.1) is 0 Å². The molecule has 0 spiro atoms. The van der Waals surface area contributed by atoms with Crippen molar-refractivity contribution in [3.8, 4) is 5.69 Å². The van der Waals surface area contributed by atoms with Gasteiger partial charge in [-0.25, -0.2) is 4.68 Å². The van der Waals surface area contributed by atoms with Gasteiger partial charge < -0.3 is 5.32 Å². The Hall–Kier alpha value is -1.48. The van der Waals surface area contributed by atoms with Crippen molar-refractivity contribution >= 4 is 17.4 Å². The number of rotatable bonds is 4. The van der Waals surface area contributed by atoms with Crippen molar-refractivity contribution in [2.24, 2.45) is 0 Å². The van der Waals surface area contributed by atoms with Gasteiger partial charge in [0, 0.05) is 17.1 Å². The van der Waals surface area contributed by atoms with Gasteiger partial charge in [-0.2, -0.15) is 5.10 Å². The molecule has 0 unspecified atom stereocenters. The molecule has 3 rings (SSSR count). The van der Waals surface area contributed by atoms with Crippen molar-refractivity contribution in [3.63, 3.8) is 0 Å². The molecule has 0 atom stereocenters. The Morgan fingerprint density at radius 1 is 1.32 bits per heavy atom. The van der Waals surface area contributed by atoms with Crippen molar-refractivity contribution in [2.45, 2.75) is 52.4 Å². The Morgan fingerprint density at radius 2 is 2.18 bits per heavy atom. The fraction of sp³-hybridized carbons (Fsp3) is 0.500. The third-order valence-electron chi connectivity index (χ3n) is 4.37. The molecule has 4 heteroatoms. The van der Waals surface area contributed by atoms with Crippen LogP contribution in [0, 0.1) is 6.92 Å². The van der Waals surface area contributed by atoms with Crippen LogP contribution in [0.4, 0.5) is 5.82 Å². The van der Waals surface area contributed by atoms with E-state index in [2.05, 4.69) is 29.9 Å². The summed E-state index contributed by atoms with van der Waals surface area (Å²) in [5, 5.41) is 9.32. The molecular weight excluding hydrogens is 294 g/mol. The first-order valence-corrected chi connectivity index (χ1v) is 8.69. The highest BCUT2D eigenvalue weighted by atomic mass is 35.5. The van der Waals surface area contributed by atoms with E-state index in [0.717, 1.165) is 35.7 Å². The van der Waals surface area contributed by atoms with Crippen LogP contribution in [0.5, 0.6) is 0 Å². The van der Waals surface area contributed by atoms with Crippen LogP contribution in [0.15, 0.2) is 18.2 Å². The number of aromatic nitrogens is 2. The van der Waals surface area contributed by atoms with Gasteiger partial charge in [-0.05, 0) is 62.8 Å². The maximum absolute atomic E-state index is 6.10. The van der Waals surface area contributed by atoms with E-state index < -0.39 is 0 Å². The second-order valence-electron chi connectivity index (χ2n) is 6.10. The average Bonchev–Trinajstić information content (AvgIpc) is 2.68. The van der Waals surface area contributed by atoms with Crippen molar-refractivity contribution < 1.29 is 0 Å². The van der Waals surface area contributed by atoms with E-state index in [9.17, 15) is 0 Å². The second kappa shape index (κ2) is 6.74. The van der Waals surface area contributed by atoms with Crippen LogP contribution in [0.25, 0.3) is 5.69 Å². The molecule has 3 nitrogen and oxygen atoms in total. The Kier molecular flexibility index (Phi) is 4.72. The summed E-state index contributed by atoms with van der Waals surface area (Å²) in [7, 11) is 0. The topological polar surface area (TPSA) is 29.9 Å². The normalized spacial score (nSPS) is 14.3. The monoisotopic (exact) mass is 317 g/mol. The maximum atomic E-state index is 6.10. The fourth-order valence-corrected chi connectivity index (χ4v) is 3.38. The van der Waals surface area contributed by atoms with Crippen molar-refractivity contribution in [1.29, 1.82) is 0 Å². The SMILES string of the molecule is CCCCc1nn(-c2ccc(Cl)cc2C)c2c1CCCCN2. The zero-order valence-electron chi connectivity index (χ0n) is 13.5. The largest absolute Gasteiger partial charge is 0.370 e. The lowest BCUT2D eigenvalue weighted by molar-refractivity contribution is 0.727. The minimum absolute atomic E-state index is 0.777. The molecule has 1 N–H and O–H groups in total. The molecular formula is C18H24ClN3. The van der Waals surface area contributed by atoms with Crippen molar-refractivity contribution in [3.05, 3.63) is 40.0 Å². The molecule has 22 heavy (non-hydrogen) atoms. The van der Waals surface area contributed by atoms with Crippen LogP contribution >= 0.6 is 11.6 Å². The Morgan fingerprint density at radius 3 is 2.95 bits per heavy atom. The first kappa shape index (κ1) is 15.4. The molecule has 0 fully saturated rings. The van der Waals surface area contributed by atoms with Crippen LogP contribution in [-0.2, 0) is 12.8 Å². The molecule has 2 aromatic rings. The molecule has 0 aliphatic carbocycles. The summed E-state index contributed by atoms with van der Waals surface area (Å²) >= 11 is 6.10. The smallest absolute Gasteiger partial charge is 0.133 e. The molecule has 0 bridgehead atoms. The number of hydrogen-bond acceptors (Lipinski definition) is 2. The first-order chi connectivity index (χ1) is 10.7. The van der Waals surface area contributed by atoms with E-state index >= 15 is 0 Å². The van der Waals surface area contributed by atoms with E-state index in [1.165, 1.54) is 42.8 Å². The molecule has 1 aromatic carbocycles. The Labute approximate surface area is 137 Å². The summed E-state index contributed by atoms with van der Waals surface area (Å²) in [6, 6.07) is 6.02. The van der Waals surface area contributed by atoms with Crippen LogP contribution in [0.2, 0.25) is 5.02 Å². The van der Waals surface area contributed by atoms with Crippen LogP contribution in [0.1, 0.15) is 49.4 Å². The molecule has 2 heterocycles. The highest BCUT2D eigenvalue weighted by Crippen LogP contribution is 2.30. The van der Waals surface area contributed by atoms with E-state index in [0.29, 0.717) is 0 Å².